The first-order valence-electron chi connectivity index (χ1n) is 4.03. The molecule has 0 unspecified atom stereocenters. The summed E-state index contributed by atoms with van der Waals surface area (Å²) in [6, 6.07) is 1.70. The molecule has 78 valence electrons. The van der Waals surface area contributed by atoms with Crippen LogP contribution in [0.4, 0.5) is 0 Å². The second-order valence-electron chi connectivity index (χ2n) is 2.21. The van der Waals surface area contributed by atoms with Gasteiger partial charge in [0.25, 0.3) is 6.47 Å². The van der Waals surface area contributed by atoms with Gasteiger partial charge in [-0.25, -0.2) is 0 Å². The molecule has 0 radical (unpaired) electrons. The SMILES string of the molecule is CCOC=O.O=C(CCl)c1cc[nH]c1. The number of carbonyl (C=O) groups is 2. The van der Waals surface area contributed by atoms with Crippen LogP contribution in [0.1, 0.15) is 17.3 Å². The maximum atomic E-state index is 10.7. The molecule has 1 N–H and O–H groups in total. The predicted molar refractivity (Wildman–Crippen MR) is 53.5 cm³/mol. The van der Waals surface area contributed by atoms with Crippen molar-refractivity contribution in [3.05, 3.63) is 24.0 Å². The van der Waals surface area contributed by atoms with Crippen LogP contribution in [0.3, 0.4) is 0 Å². The Morgan fingerprint density at radius 1 is 1.71 bits per heavy atom. The van der Waals surface area contributed by atoms with Gasteiger partial charge in [0, 0.05) is 18.0 Å². The number of hydrogen-bond donors (Lipinski definition) is 1. The van der Waals surface area contributed by atoms with Crippen molar-refractivity contribution >= 4 is 23.9 Å². The molecule has 14 heavy (non-hydrogen) atoms. The van der Waals surface area contributed by atoms with Crippen molar-refractivity contribution in [2.24, 2.45) is 0 Å². The number of aromatic nitrogens is 1. The summed E-state index contributed by atoms with van der Waals surface area (Å²) in [7, 11) is 0. The number of carbonyl (C=O) groups excluding carboxylic acids is 2. The molecular weight excluding hydrogens is 206 g/mol. The zero-order chi connectivity index (χ0) is 10.8. The normalized spacial score (nSPS) is 8.43. The molecule has 4 nitrogen and oxygen atoms in total. The molecular formula is C9H12ClNO3. The minimum atomic E-state index is -0.0436. The highest BCUT2D eigenvalue weighted by Gasteiger charge is 2.01. The van der Waals surface area contributed by atoms with Crippen molar-refractivity contribution in [2.45, 2.75) is 6.92 Å². The van der Waals surface area contributed by atoms with Gasteiger partial charge in [0.2, 0.25) is 0 Å². The Kier molecular flexibility index (Phi) is 7.55. The Balaban J connectivity index is 0.000000292. The van der Waals surface area contributed by atoms with E-state index in [4.69, 9.17) is 11.6 Å². The van der Waals surface area contributed by atoms with Gasteiger partial charge in [-0.05, 0) is 13.0 Å². The zero-order valence-electron chi connectivity index (χ0n) is 7.83. The van der Waals surface area contributed by atoms with Crippen molar-refractivity contribution in [1.29, 1.82) is 0 Å². The summed E-state index contributed by atoms with van der Waals surface area (Å²) in [5.41, 5.74) is 0.644. The molecule has 1 aromatic heterocycles. The van der Waals surface area contributed by atoms with E-state index in [0.717, 1.165) is 0 Å². The lowest BCUT2D eigenvalue weighted by Crippen LogP contribution is -1.96. The van der Waals surface area contributed by atoms with Crippen molar-refractivity contribution in [2.75, 3.05) is 12.5 Å². The molecule has 0 aromatic carbocycles. The zero-order valence-corrected chi connectivity index (χ0v) is 8.58. The monoisotopic (exact) mass is 217 g/mol. The van der Waals surface area contributed by atoms with E-state index in [0.29, 0.717) is 18.6 Å². The topological polar surface area (TPSA) is 59.2 Å². The molecule has 0 amide bonds. The Morgan fingerprint density at radius 3 is 2.71 bits per heavy atom. The molecule has 0 saturated heterocycles. The van der Waals surface area contributed by atoms with Crippen LogP contribution in [0.5, 0.6) is 0 Å². The van der Waals surface area contributed by atoms with Crippen molar-refractivity contribution in [3.8, 4) is 0 Å². The lowest BCUT2D eigenvalue weighted by atomic mass is 10.2. The Labute approximate surface area is 87.2 Å². The second-order valence-corrected chi connectivity index (χ2v) is 2.48. The first-order chi connectivity index (χ1) is 6.76. The third-order valence-electron chi connectivity index (χ3n) is 1.28. The van der Waals surface area contributed by atoms with E-state index in [1.165, 1.54) is 0 Å². The number of ether oxygens (including phenoxy) is 1. The number of alkyl halides is 1. The van der Waals surface area contributed by atoms with Gasteiger partial charge in [-0.3, -0.25) is 9.59 Å². The van der Waals surface area contributed by atoms with Crippen LogP contribution >= 0.6 is 11.6 Å². The highest BCUT2D eigenvalue weighted by atomic mass is 35.5. The summed E-state index contributed by atoms with van der Waals surface area (Å²) in [6.45, 7) is 2.66. The van der Waals surface area contributed by atoms with Gasteiger partial charge >= 0.3 is 0 Å². The standard InChI is InChI=1S/C6H6ClNO.C3H6O2/c7-3-6(9)5-1-2-8-4-5;1-2-5-3-4/h1-2,4,8H,3H2;3H,2H2,1H3. The number of nitrogens with one attached hydrogen (secondary N) is 1. The van der Waals surface area contributed by atoms with Crippen LogP contribution < -0.4 is 0 Å². The first kappa shape index (κ1) is 12.7. The molecule has 0 atom stereocenters. The number of H-pyrrole nitrogens is 1. The fourth-order valence-corrected chi connectivity index (χ4v) is 0.797. The summed E-state index contributed by atoms with van der Waals surface area (Å²) in [4.78, 5) is 22.7. The summed E-state index contributed by atoms with van der Waals surface area (Å²) < 4.78 is 4.15. The average molecular weight is 218 g/mol. The minimum Gasteiger partial charge on any atom is -0.468 e. The van der Waals surface area contributed by atoms with E-state index in [-0.39, 0.29) is 11.7 Å². The van der Waals surface area contributed by atoms with Crippen molar-refractivity contribution in [1.82, 2.24) is 4.98 Å². The Hall–Kier alpha value is -1.29. The predicted octanol–water partition coefficient (Wildman–Crippen LogP) is 1.62. The molecule has 0 aliphatic heterocycles. The number of hydrogen-bond acceptors (Lipinski definition) is 3. The van der Waals surface area contributed by atoms with E-state index in [9.17, 15) is 9.59 Å². The van der Waals surface area contributed by atoms with E-state index >= 15 is 0 Å². The van der Waals surface area contributed by atoms with Crippen LogP contribution in [0, 0.1) is 0 Å². The van der Waals surface area contributed by atoms with E-state index in [2.05, 4.69) is 9.72 Å². The third-order valence-corrected chi connectivity index (χ3v) is 1.52. The molecule has 1 rings (SSSR count). The molecule has 0 aliphatic carbocycles. The lowest BCUT2D eigenvalue weighted by Gasteiger charge is -1.85. The maximum Gasteiger partial charge on any atom is 0.293 e. The van der Waals surface area contributed by atoms with Gasteiger partial charge < -0.3 is 9.72 Å². The Morgan fingerprint density at radius 2 is 2.43 bits per heavy atom. The number of halogens is 1. The van der Waals surface area contributed by atoms with Gasteiger partial charge in [0.1, 0.15) is 0 Å². The highest BCUT2D eigenvalue weighted by Crippen LogP contribution is 1.98. The third kappa shape index (κ3) is 5.37. The fourth-order valence-electron chi connectivity index (χ4n) is 0.643. The van der Waals surface area contributed by atoms with Crippen molar-refractivity contribution in [3.63, 3.8) is 0 Å². The van der Waals surface area contributed by atoms with Crippen LogP contribution in [0.15, 0.2) is 18.5 Å². The van der Waals surface area contributed by atoms with Gasteiger partial charge in [-0.15, -0.1) is 11.6 Å². The van der Waals surface area contributed by atoms with E-state index in [1.807, 2.05) is 0 Å². The summed E-state index contributed by atoms with van der Waals surface area (Å²) in [5.74, 6) is 0.00983. The fraction of sp³-hybridized carbons (Fsp3) is 0.333. The molecule has 0 aliphatic rings. The largest absolute Gasteiger partial charge is 0.468 e. The summed E-state index contributed by atoms with van der Waals surface area (Å²) >= 11 is 5.28. The van der Waals surface area contributed by atoms with Gasteiger partial charge in [-0.1, -0.05) is 0 Å². The maximum absolute atomic E-state index is 10.7. The van der Waals surface area contributed by atoms with Crippen LogP contribution in [0.25, 0.3) is 0 Å². The van der Waals surface area contributed by atoms with Gasteiger partial charge in [0.05, 0.1) is 12.5 Å². The molecule has 5 heteroatoms. The van der Waals surface area contributed by atoms with Gasteiger partial charge in [0.15, 0.2) is 5.78 Å². The quantitative estimate of drug-likeness (QED) is 0.474. The average Bonchev–Trinajstić information content (AvgIpc) is 2.72. The number of Topliss-reactive ketones (excluding diaryl/α,β-unsaturated/α-hetero) is 1. The smallest absolute Gasteiger partial charge is 0.293 e. The summed E-state index contributed by atoms with van der Waals surface area (Å²) in [5, 5.41) is 0. The van der Waals surface area contributed by atoms with Crippen LogP contribution in [-0.2, 0) is 9.53 Å². The molecule has 0 spiro atoms. The second kappa shape index (κ2) is 8.31. The molecule has 1 aromatic rings. The summed E-state index contributed by atoms with van der Waals surface area (Å²) in [6.07, 6.45) is 3.32. The Bertz CT molecular complexity index is 259. The highest BCUT2D eigenvalue weighted by molar-refractivity contribution is 6.30. The number of ketones is 1. The van der Waals surface area contributed by atoms with E-state index < -0.39 is 0 Å². The van der Waals surface area contributed by atoms with Crippen molar-refractivity contribution < 1.29 is 14.3 Å². The number of aromatic amines is 1. The van der Waals surface area contributed by atoms with Crippen LogP contribution in [0.2, 0.25) is 0 Å². The molecule has 0 bridgehead atoms. The lowest BCUT2D eigenvalue weighted by molar-refractivity contribution is -0.128. The van der Waals surface area contributed by atoms with Crippen LogP contribution in [-0.4, -0.2) is 29.7 Å². The molecule has 0 saturated carbocycles. The van der Waals surface area contributed by atoms with Gasteiger partial charge in [-0.2, -0.15) is 0 Å². The first-order valence-corrected chi connectivity index (χ1v) is 4.56. The number of rotatable bonds is 4. The minimum absolute atomic E-state index is 0.0436. The molecule has 0 fully saturated rings. The molecule has 1 heterocycles. The van der Waals surface area contributed by atoms with E-state index in [1.54, 1.807) is 25.4 Å².